The normalized spacial score (nSPS) is 12.4. The molecule has 0 saturated carbocycles. The SMILES string of the molecule is CC(C(=O)NCc1cc(C(F)(F)F)nn1-c1cccc(Cl)c1)c1ccc(C(N)=O)c(F)c1. The Morgan fingerprint density at radius 2 is 1.91 bits per heavy atom. The van der Waals surface area contributed by atoms with Gasteiger partial charge in [-0.05, 0) is 48.9 Å². The van der Waals surface area contributed by atoms with E-state index < -0.39 is 35.4 Å². The van der Waals surface area contributed by atoms with Crippen LogP contribution in [-0.2, 0) is 17.5 Å². The van der Waals surface area contributed by atoms with Crippen LogP contribution in [0.4, 0.5) is 17.6 Å². The number of benzene rings is 2. The second-order valence-electron chi connectivity index (χ2n) is 6.95. The third-order valence-electron chi connectivity index (χ3n) is 4.72. The fourth-order valence-electron chi connectivity index (χ4n) is 3.00. The van der Waals surface area contributed by atoms with Crippen molar-refractivity contribution in [2.45, 2.75) is 25.6 Å². The molecule has 6 nitrogen and oxygen atoms in total. The lowest BCUT2D eigenvalue weighted by Gasteiger charge is -2.14. The maximum absolute atomic E-state index is 14.0. The van der Waals surface area contributed by atoms with Gasteiger partial charge in [0, 0.05) is 5.02 Å². The summed E-state index contributed by atoms with van der Waals surface area (Å²) in [5.74, 6) is -3.23. The van der Waals surface area contributed by atoms with Gasteiger partial charge in [0.05, 0.1) is 29.4 Å². The molecule has 11 heteroatoms. The summed E-state index contributed by atoms with van der Waals surface area (Å²) in [6, 6.07) is 10.5. The lowest BCUT2D eigenvalue weighted by molar-refractivity contribution is -0.141. The number of nitrogens with zero attached hydrogens (tertiary/aromatic N) is 2. The summed E-state index contributed by atoms with van der Waals surface area (Å²) >= 11 is 5.93. The Balaban J connectivity index is 1.82. The topological polar surface area (TPSA) is 90.0 Å². The molecule has 3 N–H and O–H groups in total. The predicted octanol–water partition coefficient (Wildman–Crippen LogP) is 4.20. The zero-order valence-corrected chi connectivity index (χ0v) is 17.3. The van der Waals surface area contributed by atoms with Gasteiger partial charge in [0.25, 0.3) is 5.91 Å². The number of carbonyl (C=O) groups is 2. The van der Waals surface area contributed by atoms with Gasteiger partial charge in [-0.25, -0.2) is 9.07 Å². The van der Waals surface area contributed by atoms with Crippen LogP contribution < -0.4 is 11.1 Å². The zero-order valence-electron chi connectivity index (χ0n) is 16.6. The smallest absolute Gasteiger partial charge is 0.366 e. The summed E-state index contributed by atoms with van der Waals surface area (Å²) in [7, 11) is 0. The number of alkyl halides is 3. The van der Waals surface area contributed by atoms with Crippen LogP contribution in [0.3, 0.4) is 0 Å². The molecule has 0 fully saturated rings. The molecule has 1 heterocycles. The zero-order chi connectivity index (χ0) is 23.6. The highest BCUT2D eigenvalue weighted by Gasteiger charge is 2.35. The van der Waals surface area contributed by atoms with Gasteiger partial charge in [0.2, 0.25) is 5.91 Å². The molecule has 0 saturated heterocycles. The molecule has 0 aliphatic carbocycles. The first kappa shape index (κ1) is 23.3. The Labute approximate surface area is 185 Å². The number of hydrogen-bond donors (Lipinski definition) is 2. The molecule has 3 rings (SSSR count). The first-order chi connectivity index (χ1) is 15.0. The minimum Gasteiger partial charge on any atom is -0.366 e. The van der Waals surface area contributed by atoms with Crippen LogP contribution >= 0.6 is 11.6 Å². The number of halogens is 5. The summed E-state index contributed by atoms with van der Waals surface area (Å²) in [5, 5.41) is 6.43. The van der Waals surface area contributed by atoms with E-state index in [2.05, 4.69) is 10.4 Å². The van der Waals surface area contributed by atoms with E-state index in [9.17, 15) is 27.2 Å². The number of amides is 2. The highest BCUT2D eigenvalue weighted by atomic mass is 35.5. The average molecular weight is 469 g/mol. The van der Waals surface area contributed by atoms with E-state index in [-0.39, 0.29) is 29.1 Å². The number of nitrogens with one attached hydrogen (secondary N) is 1. The van der Waals surface area contributed by atoms with Gasteiger partial charge in [0.1, 0.15) is 5.82 Å². The fraction of sp³-hybridized carbons (Fsp3) is 0.190. The number of primary amides is 1. The molecule has 0 aliphatic heterocycles. The van der Waals surface area contributed by atoms with E-state index in [4.69, 9.17) is 17.3 Å². The molecule has 1 aromatic heterocycles. The van der Waals surface area contributed by atoms with Crippen LogP contribution in [-0.4, -0.2) is 21.6 Å². The van der Waals surface area contributed by atoms with Gasteiger partial charge in [-0.2, -0.15) is 18.3 Å². The maximum Gasteiger partial charge on any atom is 0.435 e. The van der Waals surface area contributed by atoms with Crippen molar-refractivity contribution in [3.05, 3.63) is 81.9 Å². The number of rotatable bonds is 6. The van der Waals surface area contributed by atoms with Crippen molar-refractivity contribution >= 4 is 23.4 Å². The predicted molar refractivity (Wildman–Crippen MR) is 109 cm³/mol. The fourth-order valence-corrected chi connectivity index (χ4v) is 3.18. The van der Waals surface area contributed by atoms with Crippen LogP contribution in [0.1, 0.15) is 40.2 Å². The van der Waals surface area contributed by atoms with E-state index in [0.29, 0.717) is 5.02 Å². The Hall–Kier alpha value is -3.40. The molecule has 1 unspecified atom stereocenters. The number of hydrogen-bond acceptors (Lipinski definition) is 3. The van der Waals surface area contributed by atoms with Crippen LogP contribution in [0.15, 0.2) is 48.5 Å². The number of carbonyl (C=O) groups excluding carboxylic acids is 2. The minimum absolute atomic E-state index is 0.0652. The van der Waals surface area contributed by atoms with Crippen LogP contribution in [0.2, 0.25) is 5.02 Å². The minimum atomic E-state index is -4.68. The summed E-state index contributed by atoms with van der Waals surface area (Å²) < 4.78 is 54.6. The molecule has 1 atom stereocenters. The molecule has 3 aromatic rings. The first-order valence-electron chi connectivity index (χ1n) is 9.26. The lowest BCUT2D eigenvalue weighted by Crippen LogP contribution is -2.28. The molecule has 32 heavy (non-hydrogen) atoms. The van der Waals surface area contributed by atoms with Crippen molar-refractivity contribution < 1.29 is 27.2 Å². The van der Waals surface area contributed by atoms with Crippen molar-refractivity contribution in [2.24, 2.45) is 5.73 Å². The first-order valence-corrected chi connectivity index (χ1v) is 9.64. The van der Waals surface area contributed by atoms with Gasteiger partial charge in [-0.15, -0.1) is 0 Å². The van der Waals surface area contributed by atoms with Gasteiger partial charge < -0.3 is 11.1 Å². The van der Waals surface area contributed by atoms with Crippen molar-refractivity contribution in [3.8, 4) is 5.69 Å². The highest BCUT2D eigenvalue weighted by molar-refractivity contribution is 6.30. The van der Waals surface area contributed by atoms with E-state index in [0.717, 1.165) is 16.8 Å². The van der Waals surface area contributed by atoms with Crippen molar-refractivity contribution in [1.29, 1.82) is 0 Å². The molecular weight excluding hydrogens is 452 g/mol. The van der Waals surface area contributed by atoms with E-state index >= 15 is 0 Å². The second-order valence-corrected chi connectivity index (χ2v) is 7.39. The van der Waals surface area contributed by atoms with Gasteiger partial charge in [-0.3, -0.25) is 9.59 Å². The Morgan fingerprint density at radius 1 is 1.19 bits per heavy atom. The van der Waals surface area contributed by atoms with E-state index in [1.165, 1.54) is 31.2 Å². The van der Waals surface area contributed by atoms with Crippen molar-refractivity contribution in [3.63, 3.8) is 0 Å². The third-order valence-corrected chi connectivity index (χ3v) is 4.96. The molecule has 0 spiro atoms. The maximum atomic E-state index is 14.0. The van der Waals surface area contributed by atoms with Crippen LogP contribution in [0.5, 0.6) is 0 Å². The Morgan fingerprint density at radius 3 is 2.50 bits per heavy atom. The summed E-state index contributed by atoms with van der Waals surface area (Å²) in [6.45, 7) is 1.21. The molecule has 0 aliphatic rings. The van der Waals surface area contributed by atoms with E-state index in [1.807, 2.05) is 0 Å². The summed E-state index contributed by atoms with van der Waals surface area (Å²) in [6.07, 6.45) is -4.68. The molecule has 2 amide bonds. The molecule has 168 valence electrons. The monoisotopic (exact) mass is 468 g/mol. The molecular formula is C21H17ClF4N4O2. The largest absolute Gasteiger partial charge is 0.435 e. The van der Waals surface area contributed by atoms with Crippen molar-refractivity contribution in [1.82, 2.24) is 15.1 Å². The summed E-state index contributed by atoms with van der Waals surface area (Å²) in [5.41, 5.74) is 4.24. The molecule has 2 aromatic carbocycles. The average Bonchev–Trinajstić information content (AvgIpc) is 3.16. The second kappa shape index (κ2) is 8.99. The Bertz CT molecular complexity index is 1180. The lowest BCUT2D eigenvalue weighted by atomic mass is 9.98. The van der Waals surface area contributed by atoms with Crippen LogP contribution in [0, 0.1) is 5.82 Å². The number of aromatic nitrogens is 2. The quantitative estimate of drug-likeness (QED) is 0.531. The molecule has 0 bridgehead atoms. The van der Waals surface area contributed by atoms with E-state index in [1.54, 1.807) is 12.1 Å². The van der Waals surface area contributed by atoms with Gasteiger partial charge >= 0.3 is 6.18 Å². The number of nitrogens with two attached hydrogens (primary N) is 1. The Kier molecular flexibility index (Phi) is 6.54. The van der Waals surface area contributed by atoms with Crippen LogP contribution in [0.25, 0.3) is 5.69 Å². The highest BCUT2D eigenvalue weighted by Crippen LogP contribution is 2.30. The van der Waals surface area contributed by atoms with Gasteiger partial charge in [-0.1, -0.05) is 23.7 Å². The van der Waals surface area contributed by atoms with Crippen molar-refractivity contribution in [2.75, 3.05) is 0 Å². The summed E-state index contributed by atoms with van der Waals surface area (Å²) in [4.78, 5) is 23.7. The third kappa shape index (κ3) is 5.08. The van der Waals surface area contributed by atoms with Gasteiger partial charge in [0.15, 0.2) is 5.69 Å². The molecule has 0 radical (unpaired) electrons. The standard InChI is InChI=1S/C21H17ClF4N4O2/c1-11(12-5-6-16(19(27)31)17(23)7-12)20(32)28-10-15-9-18(21(24,25)26)29-30(15)14-4-2-3-13(22)8-14/h2-9,11H,10H2,1H3,(H2,27,31)(H,28,32).